The summed E-state index contributed by atoms with van der Waals surface area (Å²) in [4.78, 5) is 11.3. The van der Waals surface area contributed by atoms with Gasteiger partial charge in [-0.15, -0.1) is 11.3 Å². The SMILES string of the molecule is CCNC(=NCc1ccn(-c2ccc(OC)cc2)n1)N(C)Cc1csc(C)n1. The van der Waals surface area contributed by atoms with Crippen LogP contribution in [0.4, 0.5) is 0 Å². The summed E-state index contributed by atoms with van der Waals surface area (Å²) >= 11 is 1.67. The van der Waals surface area contributed by atoms with Crippen molar-refractivity contribution in [2.45, 2.75) is 26.9 Å². The minimum Gasteiger partial charge on any atom is -0.497 e. The van der Waals surface area contributed by atoms with Gasteiger partial charge in [-0.05, 0) is 44.2 Å². The zero-order chi connectivity index (χ0) is 19.9. The number of nitrogens with one attached hydrogen (secondary N) is 1. The molecule has 0 unspecified atom stereocenters. The summed E-state index contributed by atoms with van der Waals surface area (Å²) in [6, 6.07) is 9.79. The number of aliphatic imine (C=N–C) groups is 1. The lowest BCUT2D eigenvalue weighted by atomic mass is 10.3. The number of nitrogens with zero attached hydrogens (tertiary/aromatic N) is 5. The van der Waals surface area contributed by atoms with E-state index in [-0.39, 0.29) is 0 Å². The number of hydrogen-bond donors (Lipinski definition) is 1. The van der Waals surface area contributed by atoms with Gasteiger partial charge in [0, 0.05) is 25.2 Å². The number of rotatable bonds is 7. The number of ether oxygens (including phenoxy) is 1. The fourth-order valence-corrected chi connectivity index (χ4v) is 3.35. The molecular formula is C20H26N6OS. The van der Waals surface area contributed by atoms with Crippen LogP contribution in [-0.4, -0.2) is 46.3 Å². The fourth-order valence-electron chi connectivity index (χ4n) is 2.75. The van der Waals surface area contributed by atoms with E-state index in [1.54, 1.807) is 18.4 Å². The van der Waals surface area contributed by atoms with E-state index in [4.69, 9.17) is 9.73 Å². The molecule has 0 aliphatic rings. The molecule has 28 heavy (non-hydrogen) atoms. The van der Waals surface area contributed by atoms with Crippen LogP contribution in [0.1, 0.15) is 23.3 Å². The van der Waals surface area contributed by atoms with Gasteiger partial charge in [0.05, 0.1) is 42.3 Å². The zero-order valence-electron chi connectivity index (χ0n) is 16.7. The number of hydrogen-bond acceptors (Lipinski definition) is 5. The predicted octanol–water partition coefficient (Wildman–Crippen LogP) is 3.24. The third kappa shape index (κ3) is 5.10. The summed E-state index contributed by atoms with van der Waals surface area (Å²) in [6.45, 7) is 6.11. The molecule has 8 heteroatoms. The highest BCUT2D eigenvalue weighted by Crippen LogP contribution is 2.15. The lowest BCUT2D eigenvalue weighted by Crippen LogP contribution is -2.38. The number of benzene rings is 1. The normalized spacial score (nSPS) is 11.5. The van der Waals surface area contributed by atoms with Crippen LogP contribution in [-0.2, 0) is 13.1 Å². The topological polar surface area (TPSA) is 67.6 Å². The van der Waals surface area contributed by atoms with Crippen LogP contribution >= 0.6 is 11.3 Å². The van der Waals surface area contributed by atoms with E-state index >= 15 is 0 Å². The van der Waals surface area contributed by atoms with Crippen LogP contribution in [0.5, 0.6) is 5.75 Å². The predicted molar refractivity (Wildman–Crippen MR) is 113 cm³/mol. The quantitative estimate of drug-likeness (QED) is 0.489. The van der Waals surface area contributed by atoms with E-state index in [1.165, 1.54) is 0 Å². The minimum atomic E-state index is 0.506. The number of aromatic nitrogens is 3. The van der Waals surface area contributed by atoms with Crippen LogP contribution in [0.3, 0.4) is 0 Å². The average Bonchev–Trinajstić information content (AvgIpc) is 3.34. The van der Waals surface area contributed by atoms with E-state index in [0.29, 0.717) is 6.54 Å². The third-order valence-electron chi connectivity index (χ3n) is 4.13. The van der Waals surface area contributed by atoms with E-state index < -0.39 is 0 Å². The Labute approximate surface area is 169 Å². The van der Waals surface area contributed by atoms with Crippen LogP contribution in [0.25, 0.3) is 5.69 Å². The van der Waals surface area contributed by atoms with Crippen molar-refractivity contribution >= 4 is 17.3 Å². The summed E-state index contributed by atoms with van der Waals surface area (Å²) in [5, 5.41) is 11.1. The van der Waals surface area contributed by atoms with Crippen molar-refractivity contribution in [2.24, 2.45) is 4.99 Å². The molecule has 3 rings (SSSR count). The molecule has 148 valence electrons. The van der Waals surface area contributed by atoms with Crippen LogP contribution < -0.4 is 10.1 Å². The molecule has 2 heterocycles. The summed E-state index contributed by atoms with van der Waals surface area (Å²) < 4.78 is 7.05. The van der Waals surface area contributed by atoms with E-state index in [0.717, 1.165) is 46.9 Å². The van der Waals surface area contributed by atoms with Crippen molar-refractivity contribution in [3.63, 3.8) is 0 Å². The highest BCUT2D eigenvalue weighted by Gasteiger charge is 2.09. The van der Waals surface area contributed by atoms with Crippen molar-refractivity contribution in [2.75, 3.05) is 20.7 Å². The fraction of sp³-hybridized carbons (Fsp3) is 0.350. The van der Waals surface area contributed by atoms with Gasteiger partial charge in [-0.3, -0.25) is 0 Å². The molecule has 7 nitrogen and oxygen atoms in total. The Morgan fingerprint density at radius 3 is 2.68 bits per heavy atom. The molecule has 0 aliphatic heterocycles. The molecule has 0 atom stereocenters. The molecular weight excluding hydrogens is 372 g/mol. The van der Waals surface area contributed by atoms with Gasteiger partial charge >= 0.3 is 0 Å². The number of aryl methyl sites for hydroxylation is 1. The molecule has 0 saturated heterocycles. The maximum atomic E-state index is 5.20. The van der Waals surface area contributed by atoms with E-state index in [2.05, 4.69) is 32.6 Å². The maximum absolute atomic E-state index is 5.20. The van der Waals surface area contributed by atoms with Crippen LogP contribution in [0.2, 0.25) is 0 Å². The zero-order valence-corrected chi connectivity index (χ0v) is 17.5. The molecule has 0 spiro atoms. The van der Waals surface area contributed by atoms with Gasteiger partial charge in [0.1, 0.15) is 5.75 Å². The number of thiazole rings is 1. The van der Waals surface area contributed by atoms with Crippen LogP contribution in [0, 0.1) is 6.92 Å². The Hall–Kier alpha value is -2.87. The van der Waals surface area contributed by atoms with Gasteiger partial charge in [-0.1, -0.05) is 0 Å². The maximum Gasteiger partial charge on any atom is 0.194 e. The molecule has 0 radical (unpaired) electrons. The standard InChI is InChI=1S/C20H26N6OS/c1-5-21-20(25(3)13-17-14-28-15(2)23-17)22-12-16-10-11-26(24-16)18-6-8-19(27-4)9-7-18/h6-11,14H,5,12-13H2,1-4H3,(H,21,22). The first-order chi connectivity index (χ1) is 13.6. The molecule has 0 bridgehead atoms. The van der Waals surface area contributed by atoms with Gasteiger partial charge in [0.25, 0.3) is 0 Å². The Morgan fingerprint density at radius 2 is 2.04 bits per heavy atom. The second-order valence-electron chi connectivity index (χ2n) is 6.33. The highest BCUT2D eigenvalue weighted by molar-refractivity contribution is 7.09. The Kier molecular flexibility index (Phi) is 6.65. The molecule has 2 aromatic heterocycles. The Bertz CT molecular complexity index is 915. The van der Waals surface area contributed by atoms with Gasteiger partial charge < -0.3 is 15.0 Å². The Morgan fingerprint density at radius 1 is 1.25 bits per heavy atom. The second-order valence-corrected chi connectivity index (χ2v) is 7.40. The summed E-state index contributed by atoms with van der Waals surface area (Å²) in [6.07, 6.45) is 1.95. The smallest absolute Gasteiger partial charge is 0.194 e. The second kappa shape index (κ2) is 9.36. The highest BCUT2D eigenvalue weighted by atomic mass is 32.1. The first-order valence-electron chi connectivity index (χ1n) is 9.18. The van der Waals surface area contributed by atoms with Crippen LogP contribution in [0.15, 0.2) is 46.9 Å². The molecule has 1 N–H and O–H groups in total. The summed E-state index contributed by atoms with van der Waals surface area (Å²) in [5.41, 5.74) is 2.95. The Balaban J connectivity index is 1.67. The molecule has 0 amide bonds. The summed E-state index contributed by atoms with van der Waals surface area (Å²) in [5.74, 6) is 1.67. The van der Waals surface area contributed by atoms with Gasteiger partial charge in [-0.2, -0.15) is 5.10 Å². The minimum absolute atomic E-state index is 0.506. The first-order valence-corrected chi connectivity index (χ1v) is 10.1. The van der Waals surface area contributed by atoms with E-state index in [1.807, 2.05) is 55.2 Å². The third-order valence-corrected chi connectivity index (χ3v) is 4.96. The van der Waals surface area contributed by atoms with Crippen molar-refractivity contribution in [1.82, 2.24) is 25.0 Å². The number of methoxy groups -OCH3 is 1. The molecule has 1 aromatic carbocycles. The molecule has 0 aliphatic carbocycles. The van der Waals surface area contributed by atoms with Crippen molar-refractivity contribution in [3.8, 4) is 11.4 Å². The average molecular weight is 399 g/mol. The molecule has 0 fully saturated rings. The van der Waals surface area contributed by atoms with E-state index in [9.17, 15) is 0 Å². The largest absolute Gasteiger partial charge is 0.497 e. The number of guanidine groups is 1. The van der Waals surface area contributed by atoms with Crippen molar-refractivity contribution < 1.29 is 4.74 Å². The van der Waals surface area contributed by atoms with Gasteiger partial charge in [0.15, 0.2) is 5.96 Å². The first kappa shape index (κ1) is 19.9. The van der Waals surface area contributed by atoms with Gasteiger partial charge in [-0.25, -0.2) is 14.7 Å². The monoisotopic (exact) mass is 398 g/mol. The van der Waals surface area contributed by atoms with Gasteiger partial charge in [0.2, 0.25) is 0 Å². The van der Waals surface area contributed by atoms with Crippen molar-refractivity contribution in [1.29, 1.82) is 0 Å². The molecule has 3 aromatic rings. The molecule has 0 saturated carbocycles. The van der Waals surface area contributed by atoms with Crippen molar-refractivity contribution in [3.05, 3.63) is 58.3 Å². The lowest BCUT2D eigenvalue weighted by Gasteiger charge is -2.21. The summed E-state index contributed by atoms with van der Waals surface area (Å²) in [7, 11) is 3.68. The lowest BCUT2D eigenvalue weighted by molar-refractivity contribution is 0.414.